The Kier molecular flexibility index (Phi) is 9.24. The summed E-state index contributed by atoms with van der Waals surface area (Å²) in [7, 11) is 0. The van der Waals surface area contributed by atoms with Crippen LogP contribution in [0, 0.1) is 5.82 Å². The molecule has 3 aliphatic rings. The van der Waals surface area contributed by atoms with Crippen LogP contribution in [0.25, 0.3) is 33.9 Å². The predicted octanol–water partition coefficient (Wildman–Crippen LogP) is 4.04. The van der Waals surface area contributed by atoms with Gasteiger partial charge in [0.2, 0.25) is 0 Å². The quantitative estimate of drug-likeness (QED) is 0.232. The van der Waals surface area contributed by atoms with Crippen molar-refractivity contribution in [1.82, 2.24) is 44.3 Å². The van der Waals surface area contributed by atoms with Crippen molar-refractivity contribution in [3.63, 3.8) is 0 Å². The number of carbonyl (C=O) groups is 1. The largest absolute Gasteiger partial charge is 0.348 e. The summed E-state index contributed by atoms with van der Waals surface area (Å²) in [6.07, 6.45) is 8.12. The zero-order valence-corrected chi connectivity index (χ0v) is 28.5. The topological polar surface area (TPSA) is 122 Å². The van der Waals surface area contributed by atoms with Crippen molar-refractivity contribution in [3.05, 3.63) is 117 Å². The zero-order chi connectivity index (χ0) is 35.8. The number of piperazine rings is 1. The lowest BCUT2D eigenvalue weighted by atomic mass is 9.90. The second kappa shape index (κ2) is 14.3. The number of aromatic nitrogens is 5. The summed E-state index contributed by atoms with van der Waals surface area (Å²) in [4.78, 5) is 52.2. The van der Waals surface area contributed by atoms with Gasteiger partial charge in [-0.15, -0.1) is 0 Å². The molecule has 0 atom stereocenters. The SMILES string of the molecule is O=C(NC1CCC(n2c(=O)c3cc(F)cnc3n(-c3cccc(-c4ccc(CCN5CCNCC5)cc4)c3)c2=O)CC1)c1cn2c(n1)C=CN(F)C2. The van der Waals surface area contributed by atoms with E-state index in [-0.39, 0.29) is 35.3 Å². The van der Waals surface area contributed by atoms with Crippen molar-refractivity contribution in [2.24, 2.45) is 0 Å². The van der Waals surface area contributed by atoms with E-state index in [9.17, 15) is 23.3 Å². The van der Waals surface area contributed by atoms with E-state index in [1.807, 2.05) is 18.2 Å². The summed E-state index contributed by atoms with van der Waals surface area (Å²) in [5.41, 5.74) is 2.75. The number of pyridine rings is 1. The standard InChI is InChI=1S/C38H39F2N9O3/c39-28-21-32-35(42-22-28)48(31-3-1-2-27(20-31)26-6-4-25(5-7-26)12-16-45-18-14-41-15-19-45)38(52)49(37(32)51)30-10-8-29(9-11-30)43-36(50)33-23-46-24-47(40)17-13-34(46)44-33/h1-7,13,17,20-23,29-30,41H,8-12,14-16,18-19,24H2,(H,43,50). The average molecular weight is 708 g/mol. The lowest BCUT2D eigenvalue weighted by Gasteiger charge is -2.30. The zero-order valence-electron chi connectivity index (χ0n) is 28.5. The Morgan fingerprint density at radius 2 is 1.77 bits per heavy atom. The van der Waals surface area contributed by atoms with Gasteiger partial charge in [0, 0.05) is 57.2 Å². The Hall–Kier alpha value is -5.47. The highest BCUT2D eigenvalue weighted by atomic mass is 19.2. The number of imidazole rings is 1. The lowest BCUT2D eigenvalue weighted by Crippen LogP contribution is -2.45. The molecule has 0 spiro atoms. The van der Waals surface area contributed by atoms with E-state index in [1.54, 1.807) is 10.6 Å². The van der Waals surface area contributed by atoms with Gasteiger partial charge in [-0.2, -0.15) is 5.12 Å². The first-order valence-corrected chi connectivity index (χ1v) is 17.7. The van der Waals surface area contributed by atoms with Crippen molar-refractivity contribution in [2.75, 3.05) is 32.7 Å². The van der Waals surface area contributed by atoms with Gasteiger partial charge in [-0.05, 0) is 73.1 Å². The van der Waals surface area contributed by atoms with Gasteiger partial charge in [-0.3, -0.25) is 14.2 Å². The molecule has 1 aliphatic carbocycles. The molecule has 1 saturated carbocycles. The first-order chi connectivity index (χ1) is 25.3. The first-order valence-electron chi connectivity index (χ1n) is 17.7. The number of nitrogens with zero attached hydrogens (tertiary/aromatic N) is 7. The van der Waals surface area contributed by atoms with E-state index in [0.717, 1.165) is 62.5 Å². The minimum absolute atomic E-state index is 0.0129. The van der Waals surface area contributed by atoms with Gasteiger partial charge in [-0.25, -0.2) is 23.7 Å². The molecule has 14 heteroatoms. The maximum absolute atomic E-state index is 14.5. The lowest BCUT2D eigenvalue weighted by molar-refractivity contribution is 0.0492. The summed E-state index contributed by atoms with van der Waals surface area (Å²) in [5.74, 6) is -0.559. The van der Waals surface area contributed by atoms with Crippen LogP contribution in [0.15, 0.2) is 82.8 Å². The van der Waals surface area contributed by atoms with Crippen molar-refractivity contribution in [1.29, 1.82) is 0 Å². The van der Waals surface area contributed by atoms with Crippen LogP contribution in [0.2, 0.25) is 0 Å². The highest BCUT2D eigenvalue weighted by Crippen LogP contribution is 2.29. The highest BCUT2D eigenvalue weighted by Gasteiger charge is 2.29. The molecule has 3 aromatic heterocycles. The molecular weight excluding hydrogens is 668 g/mol. The summed E-state index contributed by atoms with van der Waals surface area (Å²) in [5, 5.41) is 6.89. The number of fused-ring (bicyclic) bond motifs is 2. The number of hydrogen-bond acceptors (Lipinski definition) is 8. The fraction of sp³-hybridized carbons (Fsp3) is 0.342. The molecule has 0 unspecified atom stereocenters. The molecule has 5 aromatic rings. The van der Waals surface area contributed by atoms with E-state index in [0.29, 0.717) is 42.3 Å². The van der Waals surface area contributed by atoms with Gasteiger partial charge in [0.15, 0.2) is 5.65 Å². The Morgan fingerprint density at radius 3 is 2.56 bits per heavy atom. The van der Waals surface area contributed by atoms with Crippen LogP contribution in [0.1, 0.15) is 53.6 Å². The second-order valence-electron chi connectivity index (χ2n) is 13.7. The Labute approximate surface area is 298 Å². The van der Waals surface area contributed by atoms with Gasteiger partial charge >= 0.3 is 5.69 Å². The summed E-state index contributed by atoms with van der Waals surface area (Å²) in [6, 6.07) is 16.4. The van der Waals surface area contributed by atoms with Gasteiger partial charge in [-0.1, -0.05) is 40.9 Å². The third kappa shape index (κ3) is 6.78. The van der Waals surface area contributed by atoms with Gasteiger partial charge in [0.25, 0.3) is 11.5 Å². The third-order valence-electron chi connectivity index (χ3n) is 10.3. The first kappa shape index (κ1) is 33.7. The smallest absolute Gasteiger partial charge is 0.337 e. The van der Waals surface area contributed by atoms with E-state index >= 15 is 0 Å². The molecule has 268 valence electrons. The summed E-state index contributed by atoms with van der Waals surface area (Å²) < 4.78 is 32.3. The van der Waals surface area contributed by atoms with E-state index in [1.165, 1.54) is 33.2 Å². The predicted molar refractivity (Wildman–Crippen MR) is 193 cm³/mol. The molecule has 1 amide bonds. The van der Waals surface area contributed by atoms with Crippen molar-refractivity contribution in [3.8, 4) is 16.8 Å². The minimum atomic E-state index is -0.672. The molecule has 8 rings (SSSR count). The summed E-state index contributed by atoms with van der Waals surface area (Å²) in [6.45, 7) is 5.12. The van der Waals surface area contributed by atoms with Crippen molar-refractivity contribution < 1.29 is 13.7 Å². The fourth-order valence-electron chi connectivity index (χ4n) is 7.51. The number of amides is 1. The monoisotopic (exact) mass is 707 g/mol. The van der Waals surface area contributed by atoms with E-state index in [4.69, 9.17) is 0 Å². The molecule has 12 nitrogen and oxygen atoms in total. The van der Waals surface area contributed by atoms with E-state index in [2.05, 4.69) is 49.8 Å². The van der Waals surface area contributed by atoms with Gasteiger partial charge in [0.1, 0.15) is 24.0 Å². The molecule has 2 aromatic carbocycles. The maximum atomic E-state index is 14.5. The van der Waals surface area contributed by atoms with Crippen LogP contribution >= 0.6 is 0 Å². The highest BCUT2D eigenvalue weighted by molar-refractivity contribution is 5.92. The van der Waals surface area contributed by atoms with E-state index < -0.39 is 23.1 Å². The molecular formula is C38H39F2N9O3. The third-order valence-corrected chi connectivity index (χ3v) is 10.3. The summed E-state index contributed by atoms with van der Waals surface area (Å²) >= 11 is 0. The van der Waals surface area contributed by atoms with Crippen LogP contribution in [-0.4, -0.2) is 78.4 Å². The van der Waals surface area contributed by atoms with Crippen molar-refractivity contribution in [2.45, 2.75) is 50.9 Å². The molecule has 0 bridgehead atoms. The Morgan fingerprint density at radius 1 is 0.981 bits per heavy atom. The molecule has 5 heterocycles. The number of halogens is 2. The number of hydrogen-bond donors (Lipinski definition) is 2. The molecule has 1 saturated heterocycles. The average Bonchev–Trinajstić information content (AvgIpc) is 3.59. The molecule has 52 heavy (non-hydrogen) atoms. The van der Waals surface area contributed by atoms with Crippen LogP contribution in [0.4, 0.5) is 8.87 Å². The van der Waals surface area contributed by atoms with Crippen LogP contribution in [0.5, 0.6) is 0 Å². The molecule has 0 radical (unpaired) electrons. The Balaban J connectivity index is 1.03. The molecule has 2 aliphatic heterocycles. The normalized spacial score (nSPS) is 19.2. The number of rotatable bonds is 8. The van der Waals surface area contributed by atoms with Gasteiger partial charge < -0.3 is 20.1 Å². The molecule has 2 N–H and O–H groups in total. The minimum Gasteiger partial charge on any atom is -0.348 e. The van der Waals surface area contributed by atoms with Crippen LogP contribution in [0.3, 0.4) is 0 Å². The molecule has 2 fully saturated rings. The number of benzene rings is 2. The Bertz CT molecular complexity index is 2270. The van der Waals surface area contributed by atoms with Gasteiger partial charge in [0.05, 0.1) is 17.3 Å². The number of nitrogens with one attached hydrogen (secondary N) is 2. The second-order valence-corrected chi connectivity index (χ2v) is 13.7. The maximum Gasteiger partial charge on any atom is 0.337 e. The van der Waals surface area contributed by atoms with Crippen LogP contribution < -0.4 is 21.9 Å². The van der Waals surface area contributed by atoms with Crippen molar-refractivity contribution >= 4 is 23.0 Å². The number of carbonyl (C=O) groups excluding carboxylic acids is 1. The fourth-order valence-corrected chi connectivity index (χ4v) is 7.51. The van der Waals surface area contributed by atoms with Crippen LogP contribution in [-0.2, 0) is 13.1 Å².